The Hall–Kier alpha value is -2.61. The number of benzene rings is 1. The molecular formula is C18H24N4O4. The molecule has 1 atom stereocenters. The predicted octanol–water partition coefficient (Wildman–Crippen LogP) is 1.58. The van der Waals surface area contributed by atoms with Gasteiger partial charge in [-0.2, -0.15) is 0 Å². The lowest BCUT2D eigenvalue weighted by Crippen LogP contribution is -2.35. The summed E-state index contributed by atoms with van der Waals surface area (Å²) < 4.78 is 17.8. The van der Waals surface area contributed by atoms with E-state index in [1.807, 2.05) is 0 Å². The van der Waals surface area contributed by atoms with Gasteiger partial charge in [0.15, 0.2) is 5.82 Å². The molecule has 1 unspecified atom stereocenters. The van der Waals surface area contributed by atoms with Gasteiger partial charge >= 0.3 is 0 Å². The molecule has 0 spiro atoms. The van der Waals surface area contributed by atoms with Crippen molar-refractivity contribution in [2.24, 2.45) is 0 Å². The molecule has 0 saturated heterocycles. The molecule has 0 radical (unpaired) electrons. The van der Waals surface area contributed by atoms with E-state index < -0.39 is 0 Å². The van der Waals surface area contributed by atoms with Crippen LogP contribution in [-0.2, 0) is 24.3 Å². The second-order valence-corrected chi connectivity index (χ2v) is 6.18. The van der Waals surface area contributed by atoms with Gasteiger partial charge in [-0.3, -0.25) is 4.79 Å². The minimum Gasteiger partial charge on any atom is -0.497 e. The van der Waals surface area contributed by atoms with E-state index in [9.17, 15) is 4.79 Å². The zero-order valence-electron chi connectivity index (χ0n) is 15.3. The van der Waals surface area contributed by atoms with Crippen molar-refractivity contribution in [1.29, 1.82) is 0 Å². The van der Waals surface area contributed by atoms with Crippen molar-refractivity contribution in [3.8, 4) is 11.5 Å². The third kappa shape index (κ3) is 3.80. The smallest absolute Gasteiger partial charge is 0.255 e. The first-order valence-electron chi connectivity index (χ1n) is 8.59. The van der Waals surface area contributed by atoms with Crippen molar-refractivity contribution in [3.05, 3.63) is 35.4 Å². The molecule has 8 heteroatoms. The van der Waals surface area contributed by atoms with Crippen molar-refractivity contribution in [2.45, 2.75) is 38.5 Å². The number of nitrogens with one attached hydrogen (secondary N) is 1. The summed E-state index contributed by atoms with van der Waals surface area (Å²) in [7, 11) is 4.76. The Balaban J connectivity index is 1.67. The molecule has 1 N–H and O–H groups in total. The molecule has 1 aromatic heterocycles. The fourth-order valence-electron chi connectivity index (χ4n) is 3.18. The fourth-order valence-corrected chi connectivity index (χ4v) is 3.18. The number of rotatable bonds is 6. The Morgan fingerprint density at radius 3 is 2.81 bits per heavy atom. The van der Waals surface area contributed by atoms with E-state index in [0.29, 0.717) is 23.7 Å². The highest BCUT2D eigenvalue weighted by Gasteiger charge is 2.23. The summed E-state index contributed by atoms with van der Waals surface area (Å²) in [6.07, 6.45) is 2.39. The van der Waals surface area contributed by atoms with E-state index in [-0.39, 0.29) is 11.9 Å². The SMILES string of the molecule is COCc1nnc2n1CCC(NC(=O)c1ccc(OC)cc1OC)CC2. The van der Waals surface area contributed by atoms with Gasteiger partial charge in [-0.25, -0.2) is 0 Å². The standard InChI is InChI=1S/C18H24N4O4/c1-24-11-17-21-20-16-7-4-12(8-9-22(16)17)19-18(23)14-6-5-13(25-2)10-15(14)26-3/h5-6,10,12H,4,7-9,11H2,1-3H3,(H,19,23). The van der Waals surface area contributed by atoms with E-state index in [0.717, 1.165) is 37.5 Å². The third-order valence-corrected chi connectivity index (χ3v) is 4.58. The van der Waals surface area contributed by atoms with Gasteiger partial charge < -0.3 is 24.1 Å². The maximum atomic E-state index is 12.7. The lowest BCUT2D eigenvalue weighted by Gasteiger charge is -2.17. The van der Waals surface area contributed by atoms with Crippen LogP contribution in [0.4, 0.5) is 0 Å². The topological polar surface area (TPSA) is 87.5 Å². The molecule has 1 aliphatic heterocycles. The number of amides is 1. The molecule has 8 nitrogen and oxygen atoms in total. The number of carbonyl (C=O) groups is 1. The van der Waals surface area contributed by atoms with Gasteiger partial charge in [0.2, 0.25) is 0 Å². The van der Waals surface area contributed by atoms with Gasteiger partial charge in [0.25, 0.3) is 5.91 Å². The molecule has 0 aliphatic carbocycles. The van der Waals surface area contributed by atoms with E-state index in [1.165, 1.54) is 0 Å². The Morgan fingerprint density at radius 1 is 1.23 bits per heavy atom. The van der Waals surface area contributed by atoms with E-state index in [2.05, 4.69) is 20.1 Å². The van der Waals surface area contributed by atoms with Crippen molar-refractivity contribution in [1.82, 2.24) is 20.1 Å². The Labute approximate surface area is 152 Å². The highest BCUT2D eigenvalue weighted by Crippen LogP contribution is 2.25. The van der Waals surface area contributed by atoms with Crippen molar-refractivity contribution >= 4 is 5.91 Å². The number of methoxy groups -OCH3 is 3. The number of nitrogens with zero attached hydrogens (tertiary/aromatic N) is 3. The molecule has 26 heavy (non-hydrogen) atoms. The molecule has 0 bridgehead atoms. The zero-order chi connectivity index (χ0) is 18.5. The number of hydrogen-bond acceptors (Lipinski definition) is 6. The second kappa shape index (κ2) is 8.18. The van der Waals surface area contributed by atoms with Crippen LogP contribution in [0, 0.1) is 0 Å². The molecule has 0 fully saturated rings. The molecule has 1 aromatic carbocycles. The number of aromatic nitrogens is 3. The van der Waals surface area contributed by atoms with Crippen molar-refractivity contribution in [2.75, 3.05) is 21.3 Å². The highest BCUT2D eigenvalue weighted by atomic mass is 16.5. The van der Waals surface area contributed by atoms with Gasteiger partial charge in [0.1, 0.15) is 23.9 Å². The van der Waals surface area contributed by atoms with Crippen LogP contribution in [0.2, 0.25) is 0 Å². The molecule has 1 aliphatic rings. The lowest BCUT2D eigenvalue weighted by atomic mass is 10.1. The molecule has 1 amide bonds. The first-order valence-corrected chi connectivity index (χ1v) is 8.59. The van der Waals surface area contributed by atoms with Crippen molar-refractivity contribution < 1.29 is 19.0 Å². The van der Waals surface area contributed by atoms with Crippen LogP contribution in [-0.4, -0.2) is 48.0 Å². The minimum absolute atomic E-state index is 0.0615. The average Bonchev–Trinajstić information content (AvgIpc) is 2.93. The molecule has 0 saturated carbocycles. The third-order valence-electron chi connectivity index (χ3n) is 4.58. The van der Waals surface area contributed by atoms with Crippen LogP contribution in [0.15, 0.2) is 18.2 Å². The number of hydrogen-bond donors (Lipinski definition) is 1. The zero-order valence-corrected chi connectivity index (χ0v) is 15.3. The summed E-state index contributed by atoms with van der Waals surface area (Å²) in [5.41, 5.74) is 0.497. The number of carbonyl (C=O) groups excluding carboxylic acids is 1. The van der Waals surface area contributed by atoms with Crippen LogP contribution in [0.5, 0.6) is 11.5 Å². The highest BCUT2D eigenvalue weighted by molar-refractivity contribution is 5.97. The number of ether oxygens (including phenoxy) is 3. The predicted molar refractivity (Wildman–Crippen MR) is 94.5 cm³/mol. The van der Waals surface area contributed by atoms with Crippen LogP contribution in [0.1, 0.15) is 34.8 Å². The summed E-state index contributed by atoms with van der Waals surface area (Å²) >= 11 is 0. The Morgan fingerprint density at radius 2 is 2.08 bits per heavy atom. The van der Waals surface area contributed by atoms with E-state index in [4.69, 9.17) is 14.2 Å². The summed E-state index contributed by atoms with van der Waals surface area (Å²) in [5.74, 6) is 2.76. The van der Waals surface area contributed by atoms with Crippen LogP contribution < -0.4 is 14.8 Å². The first-order chi connectivity index (χ1) is 12.7. The van der Waals surface area contributed by atoms with Gasteiger partial charge in [0, 0.05) is 32.2 Å². The molecule has 2 aromatic rings. The van der Waals surface area contributed by atoms with Crippen LogP contribution in [0.25, 0.3) is 0 Å². The second-order valence-electron chi connectivity index (χ2n) is 6.18. The molecular weight excluding hydrogens is 336 g/mol. The fraction of sp³-hybridized carbons (Fsp3) is 0.500. The van der Waals surface area contributed by atoms with Crippen LogP contribution in [0.3, 0.4) is 0 Å². The number of fused-ring (bicyclic) bond motifs is 1. The maximum absolute atomic E-state index is 12.7. The Kier molecular flexibility index (Phi) is 5.72. The minimum atomic E-state index is -0.149. The normalized spacial score (nSPS) is 16.5. The van der Waals surface area contributed by atoms with Crippen molar-refractivity contribution in [3.63, 3.8) is 0 Å². The molecule has 2 heterocycles. The monoisotopic (exact) mass is 360 g/mol. The maximum Gasteiger partial charge on any atom is 0.255 e. The first kappa shape index (κ1) is 18.2. The molecule has 3 rings (SSSR count). The van der Waals surface area contributed by atoms with E-state index >= 15 is 0 Å². The summed E-state index contributed by atoms with van der Waals surface area (Å²) in [6, 6.07) is 5.24. The number of aryl methyl sites for hydroxylation is 1. The van der Waals surface area contributed by atoms with E-state index in [1.54, 1.807) is 39.5 Å². The van der Waals surface area contributed by atoms with Gasteiger partial charge in [-0.05, 0) is 25.0 Å². The van der Waals surface area contributed by atoms with Gasteiger partial charge in [-0.1, -0.05) is 0 Å². The van der Waals surface area contributed by atoms with Gasteiger partial charge in [-0.15, -0.1) is 10.2 Å². The largest absolute Gasteiger partial charge is 0.497 e. The van der Waals surface area contributed by atoms with Gasteiger partial charge in [0.05, 0.1) is 19.8 Å². The summed E-state index contributed by atoms with van der Waals surface area (Å²) in [4.78, 5) is 12.7. The lowest BCUT2D eigenvalue weighted by molar-refractivity contribution is 0.0929. The Bertz CT molecular complexity index is 775. The average molecular weight is 360 g/mol. The molecule has 140 valence electrons. The quantitative estimate of drug-likeness (QED) is 0.841. The van der Waals surface area contributed by atoms with Crippen LogP contribution >= 0.6 is 0 Å². The summed E-state index contributed by atoms with van der Waals surface area (Å²) in [6.45, 7) is 1.19. The summed E-state index contributed by atoms with van der Waals surface area (Å²) in [5, 5.41) is 11.5.